The number of nitrogens with one attached hydrogen (secondary N) is 1. The van der Waals surface area contributed by atoms with Crippen LogP contribution in [0.25, 0.3) is 11.3 Å². The van der Waals surface area contributed by atoms with Gasteiger partial charge in [0.15, 0.2) is 0 Å². The monoisotopic (exact) mass is 259 g/mol. The number of methoxy groups -OCH3 is 1. The van der Waals surface area contributed by atoms with E-state index in [1.54, 1.807) is 7.11 Å². The first-order valence-corrected chi connectivity index (χ1v) is 6.55. The Balaban J connectivity index is 2.31. The van der Waals surface area contributed by atoms with Crippen molar-refractivity contribution in [3.05, 3.63) is 35.3 Å². The summed E-state index contributed by atoms with van der Waals surface area (Å²) in [5, 5.41) is 0. The highest BCUT2D eigenvalue weighted by molar-refractivity contribution is 5.66. The van der Waals surface area contributed by atoms with Crippen molar-refractivity contribution in [3.8, 4) is 17.0 Å². The van der Waals surface area contributed by atoms with Crippen molar-refractivity contribution in [2.24, 2.45) is 5.73 Å². The molecular formula is C15H21N3O. The van der Waals surface area contributed by atoms with Crippen molar-refractivity contribution in [1.82, 2.24) is 9.97 Å². The largest absolute Gasteiger partial charge is 0.496 e. The van der Waals surface area contributed by atoms with Crippen LogP contribution in [0.5, 0.6) is 5.75 Å². The van der Waals surface area contributed by atoms with Gasteiger partial charge in [-0.2, -0.15) is 0 Å². The van der Waals surface area contributed by atoms with Crippen molar-refractivity contribution < 1.29 is 4.74 Å². The van der Waals surface area contributed by atoms with E-state index in [9.17, 15) is 0 Å². The molecule has 19 heavy (non-hydrogen) atoms. The molecule has 4 nitrogen and oxygen atoms in total. The molecule has 1 heterocycles. The van der Waals surface area contributed by atoms with Crippen LogP contribution in [0, 0.1) is 13.8 Å². The molecule has 4 heteroatoms. The number of rotatable bonds is 5. The first kappa shape index (κ1) is 13.6. The summed E-state index contributed by atoms with van der Waals surface area (Å²) in [6.07, 6.45) is 3.73. The van der Waals surface area contributed by atoms with Crippen LogP contribution in [0.1, 0.15) is 23.4 Å². The molecule has 2 rings (SSSR count). The van der Waals surface area contributed by atoms with Gasteiger partial charge in [-0.05, 0) is 50.1 Å². The Morgan fingerprint density at radius 3 is 2.74 bits per heavy atom. The third-order valence-corrected chi connectivity index (χ3v) is 3.28. The molecule has 3 N–H and O–H groups in total. The maximum absolute atomic E-state index is 5.51. The lowest BCUT2D eigenvalue weighted by Gasteiger charge is -2.10. The van der Waals surface area contributed by atoms with E-state index in [0.29, 0.717) is 6.54 Å². The molecule has 0 amide bonds. The summed E-state index contributed by atoms with van der Waals surface area (Å²) in [7, 11) is 1.70. The zero-order chi connectivity index (χ0) is 13.8. The van der Waals surface area contributed by atoms with Gasteiger partial charge in [-0.1, -0.05) is 0 Å². The van der Waals surface area contributed by atoms with E-state index < -0.39 is 0 Å². The third-order valence-electron chi connectivity index (χ3n) is 3.28. The van der Waals surface area contributed by atoms with Crippen LogP contribution in [0.2, 0.25) is 0 Å². The molecule has 0 radical (unpaired) electrons. The molecule has 0 bridgehead atoms. The highest BCUT2D eigenvalue weighted by Crippen LogP contribution is 2.29. The Hall–Kier alpha value is -1.81. The predicted molar refractivity (Wildman–Crippen MR) is 77.4 cm³/mol. The molecule has 1 aromatic carbocycles. The van der Waals surface area contributed by atoms with Gasteiger partial charge >= 0.3 is 0 Å². The maximum Gasteiger partial charge on any atom is 0.122 e. The van der Waals surface area contributed by atoms with E-state index >= 15 is 0 Å². The lowest BCUT2D eigenvalue weighted by atomic mass is 10.0. The predicted octanol–water partition coefficient (Wildman–Crippen LogP) is 2.59. The summed E-state index contributed by atoms with van der Waals surface area (Å²) in [5.41, 5.74) is 10.0. The average Bonchev–Trinajstić information content (AvgIpc) is 2.87. The van der Waals surface area contributed by atoms with Gasteiger partial charge in [0.25, 0.3) is 0 Å². The number of nitrogens with two attached hydrogens (primary N) is 1. The number of aromatic amines is 1. The first-order chi connectivity index (χ1) is 9.15. The second kappa shape index (κ2) is 5.89. The summed E-state index contributed by atoms with van der Waals surface area (Å²) < 4.78 is 5.34. The quantitative estimate of drug-likeness (QED) is 0.867. The van der Waals surface area contributed by atoms with Gasteiger partial charge < -0.3 is 15.5 Å². The number of hydrogen-bond acceptors (Lipinski definition) is 3. The highest BCUT2D eigenvalue weighted by Gasteiger charge is 2.09. The standard InChI is InChI=1S/C15H21N3O/c1-10-8-14(19-3)11(2)7-12(10)13-9-17-15(18-13)5-4-6-16/h7-9H,4-6,16H2,1-3H3,(H,17,18). The van der Waals surface area contributed by atoms with Crippen LogP contribution in [0.3, 0.4) is 0 Å². The van der Waals surface area contributed by atoms with Crippen LogP contribution < -0.4 is 10.5 Å². The van der Waals surface area contributed by atoms with Crippen LogP contribution in [-0.2, 0) is 6.42 Å². The first-order valence-electron chi connectivity index (χ1n) is 6.55. The van der Waals surface area contributed by atoms with E-state index in [1.807, 2.05) is 13.1 Å². The molecule has 0 saturated carbocycles. The van der Waals surface area contributed by atoms with E-state index in [1.165, 1.54) is 11.1 Å². The Morgan fingerprint density at radius 2 is 2.05 bits per heavy atom. The molecule has 2 aromatic rings. The highest BCUT2D eigenvalue weighted by atomic mass is 16.5. The third kappa shape index (κ3) is 2.96. The summed E-state index contributed by atoms with van der Waals surface area (Å²) >= 11 is 0. The van der Waals surface area contributed by atoms with Gasteiger partial charge in [0.05, 0.1) is 19.0 Å². The van der Waals surface area contributed by atoms with Crippen molar-refractivity contribution >= 4 is 0 Å². The fraction of sp³-hybridized carbons (Fsp3) is 0.400. The van der Waals surface area contributed by atoms with Gasteiger partial charge in [-0.3, -0.25) is 0 Å². The fourth-order valence-corrected chi connectivity index (χ4v) is 2.20. The van der Waals surface area contributed by atoms with E-state index in [-0.39, 0.29) is 0 Å². The maximum atomic E-state index is 5.51. The van der Waals surface area contributed by atoms with Crippen molar-refractivity contribution in [3.63, 3.8) is 0 Å². The Bertz CT molecular complexity index is 561. The van der Waals surface area contributed by atoms with Gasteiger partial charge in [-0.25, -0.2) is 4.98 Å². The van der Waals surface area contributed by atoms with Crippen LogP contribution in [-0.4, -0.2) is 23.6 Å². The normalized spacial score (nSPS) is 10.7. The molecule has 0 fully saturated rings. The molecular weight excluding hydrogens is 238 g/mol. The molecule has 102 valence electrons. The van der Waals surface area contributed by atoms with Gasteiger partial charge in [-0.15, -0.1) is 0 Å². The number of aryl methyl sites for hydroxylation is 3. The van der Waals surface area contributed by atoms with Gasteiger partial charge in [0.1, 0.15) is 11.6 Å². The molecule has 0 saturated heterocycles. The van der Waals surface area contributed by atoms with Crippen LogP contribution in [0.15, 0.2) is 18.3 Å². The van der Waals surface area contributed by atoms with E-state index in [2.05, 4.69) is 29.0 Å². The second-order valence-corrected chi connectivity index (χ2v) is 4.77. The number of imidazole rings is 1. The van der Waals surface area contributed by atoms with Gasteiger partial charge in [0, 0.05) is 12.0 Å². The van der Waals surface area contributed by atoms with E-state index in [0.717, 1.165) is 35.7 Å². The van der Waals surface area contributed by atoms with Crippen molar-refractivity contribution in [1.29, 1.82) is 0 Å². The Labute approximate surface area is 114 Å². The number of H-pyrrole nitrogens is 1. The Kier molecular flexibility index (Phi) is 4.22. The minimum atomic E-state index is 0.691. The number of benzene rings is 1. The second-order valence-electron chi connectivity index (χ2n) is 4.77. The summed E-state index contributed by atoms with van der Waals surface area (Å²) in [4.78, 5) is 7.76. The molecule has 0 aliphatic rings. The number of aromatic nitrogens is 2. The van der Waals surface area contributed by atoms with Crippen molar-refractivity contribution in [2.75, 3.05) is 13.7 Å². The average molecular weight is 259 g/mol. The lowest BCUT2D eigenvalue weighted by Crippen LogP contribution is -2.01. The summed E-state index contributed by atoms with van der Waals surface area (Å²) in [6.45, 7) is 4.82. The smallest absolute Gasteiger partial charge is 0.122 e. The topological polar surface area (TPSA) is 63.9 Å². The SMILES string of the molecule is COc1cc(C)c(-c2cnc(CCCN)[nH]2)cc1C. The lowest BCUT2D eigenvalue weighted by molar-refractivity contribution is 0.411. The summed E-state index contributed by atoms with van der Waals surface area (Å²) in [5.74, 6) is 1.91. The van der Waals surface area contributed by atoms with Gasteiger partial charge in [0.2, 0.25) is 0 Å². The molecule has 0 spiro atoms. The molecule has 0 aliphatic heterocycles. The minimum Gasteiger partial charge on any atom is -0.496 e. The number of ether oxygens (including phenoxy) is 1. The summed E-state index contributed by atoms with van der Waals surface area (Å²) in [6, 6.07) is 4.19. The van der Waals surface area contributed by atoms with Crippen LogP contribution in [0.4, 0.5) is 0 Å². The van der Waals surface area contributed by atoms with Crippen molar-refractivity contribution in [2.45, 2.75) is 26.7 Å². The Morgan fingerprint density at radius 1 is 1.26 bits per heavy atom. The molecule has 0 atom stereocenters. The van der Waals surface area contributed by atoms with E-state index in [4.69, 9.17) is 10.5 Å². The fourth-order valence-electron chi connectivity index (χ4n) is 2.20. The number of hydrogen-bond donors (Lipinski definition) is 2. The molecule has 0 unspecified atom stereocenters. The minimum absolute atomic E-state index is 0.691. The molecule has 0 aliphatic carbocycles. The number of nitrogens with zero attached hydrogens (tertiary/aromatic N) is 1. The zero-order valence-electron chi connectivity index (χ0n) is 11.8. The zero-order valence-corrected chi connectivity index (χ0v) is 11.8. The van der Waals surface area contributed by atoms with Crippen LogP contribution >= 0.6 is 0 Å². The molecule has 1 aromatic heterocycles.